The van der Waals surface area contributed by atoms with Crippen molar-refractivity contribution in [3.8, 4) is 0 Å². The number of benzene rings is 1. The number of piperazine rings is 2. The number of carbonyl (C=O) groups is 5. The predicted molar refractivity (Wildman–Crippen MR) is 246 cm³/mol. The number of aryl methyl sites for hydroxylation is 2. The molecule has 1 unspecified atom stereocenters. The number of hydrogen-bond acceptors (Lipinski definition) is 14. The molecular formula is C47H65FN12O6. The maximum absolute atomic E-state index is 15.2. The number of carbonyl (C=O) groups excluding carboxylic acids is 5. The topological polar surface area (TPSA) is 190 Å². The summed E-state index contributed by atoms with van der Waals surface area (Å²) < 4.78 is 22.2. The average molecular weight is 913 g/mol. The summed E-state index contributed by atoms with van der Waals surface area (Å²) in [5.74, 6) is -0.813. The lowest BCUT2D eigenvalue weighted by Gasteiger charge is -2.42. The number of halogens is 1. The van der Waals surface area contributed by atoms with Crippen molar-refractivity contribution in [3.05, 3.63) is 53.2 Å². The van der Waals surface area contributed by atoms with Gasteiger partial charge in [-0.1, -0.05) is 6.07 Å². The maximum atomic E-state index is 15.2. The molecule has 3 aromatic rings. The first-order chi connectivity index (χ1) is 31.9. The monoisotopic (exact) mass is 913 g/mol. The van der Waals surface area contributed by atoms with Crippen molar-refractivity contribution >= 4 is 52.7 Å². The second-order valence-electron chi connectivity index (χ2n) is 18.5. The van der Waals surface area contributed by atoms with Crippen molar-refractivity contribution in [1.82, 2.24) is 44.7 Å². The quantitative estimate of drug-likeness (QED) is 0.156. The number of anilines is 4. The van der Waals surface area contributed by atoms with Crippen LogP contribution in [0.15, 0.2) is 30.6 Å². The average Bonchev–Trinajstić information content (AvgIpc) is 3.72. The highest BCUT2D eigenvalue weighted by molar-refractivity contribution is 6.01. The highest BCUT2D eigenvalue weighted by Crippen LogP contribution is 2.32. The second kappa shape index (κ2) is 21.3. The lowest BCUT2D eigenvalue weighted by molar-refractivity contribution is -0.139. The Hall–Kier alpha value is -5.69. The molecule has 4 saturated heterocycles. The van der Waals surface area contributed by atoms with Crippen molar-refractivity contribution in [2.75, 3.05) is 94.1 Å². The molecule has 1 saturated carbocycles. The van der Waals surface area contributed by atoms with Crippen LogP contribution in [0.1, 0.15) is 98.7 Å². The molecule has 66 heavy (non-hydrogen) atoms. The van der Waals surface area contributed by atoms with Crippen molar-refractivity contribution in [2.24, 2.45) is 13.0 Å². The summed E-state index contributed by atoms with van der Waals surface area (Å²) >= 11 is 0. The van der Waals surface area contributed by atoms with E-state index in [4.69, 9.17) is 9.72 Å². The summed E-state index contributed by atoms with van der Waals surface area (Å²) in [6.45, 7) is 12.4. The van der Waals surface area contributed by atoms with Gasteiger partial charge in [-0.25, -0.2) is 14.2 Å². The minimum Gasteiger partial charge on any atom is -0.462 e. The van der Waals surface area contributed by atoms with Crippen molar-refractivity contribution < 1.29 is 33.1 Å². The first-order valence-corrected chi connectivity index (χ1v) is 23.9. The number of imide groups is 1. The van der Waals surface area contributed by atoms with E-state index in [-0.39, 0.29) is 49.6 Å². The molecule has 4 amide bonds. The number of likely N-dealkylation sites (tertiary alicyclic amines) is 1. The zero-order valence-electron chi connectivity index (χ0n) is 38.6. The third-order valence-electron chi connectivity index (χ3n) is 14.1. The summed E-state index contributed by atoms with van der Waals surface area (Å²) in [6.07, 6.45) is 10.2. The van der Waals surface area contributed by atoms with Crippen LogP contribution in [0.2, 0.25) is 0 Å². The molecule has 356 valence electrons. The van der Waals surface area contributed by atoms with Crippen LogP contribution in [-0.2, 0) is 31.0 Å². The molecule has 5 fully saturated rings. The normalized spacial score (nSPS) is 22.5. The van der Waals surface area contributed by atoms with E-state index in [9.17, 15) is 24.0 Å². The third kappa shape index (κ3) is 11.5. The highest BCUT2D eigenvalue weighted by Gasteiger charge is 2.33. The molecule has 1 aliphatic carbocycles. The molecule has 8 rings (SSSR count). The molecule has 18 nitrogen and oxygen atoms in total. The number of piperidine rings is 2. The van der Waals surface area contributed by atoms with Crippen LogP contribution in [0.25, 0.3) is 0 Å². The maximum Gasteiger partial charge on any atom is 0.343 e. The van der Waals surface area contributed by atoms with E-state index in [0.717, 1.165) is 95.7 Å². The van der Waals surface area contributed by atoms with Crippen LogP contribution in [0.4, 0.5) is 27.5 Å². The number of amides is 4. The Labute approximate surface area is 386 Å². The van der Waals surface area contributed by atoms with E-state index in [0.29, 0.717) is 73.1 Å². The molecule has 19 heteroatoms. The van der Waals surface area contributed by atoms with Gasteiger partial charge in [0.15, 0.2) is 0 Å². The summed E-state index contributed by atoms with van der Waals surface area (Å²) in [7, 11) is 1.83. The second-order valence-corrected chi connectivity index (χ2v) is 18.5. The van der Waals surface area contributed by atoms with Gasteiger partial charge < -0.3 is 30.1 Å². The van der Waals surface area contributed by atoms with E-state index in [1.807, 2.05) is 29.1 Å². The van der Waals surface area contributed by atoms with Gasteiger partial charge in [-0.2, -0.15) is 10.1 Å². The Bertz CT molecular complexity index is 2220. The molecular weight excluding hydrogens is 848 g/mol. The van der Waals surface area contributed by atoms with Gasteiger partial charge in [0.1, 0.15) is 17.2 Å². The Morgan fingerprint density at radius 1 is 0.864 bits per heavy atom. The van der Waals surface area contributed by atoms with Crippen LogP contribution < -0.4 is 20.9 Å². The minimum absolute atomic E-state index is 0.0490. The number of nitrogens with one attached hydrogen (secondary N) is 3. The Morgan fingerprint density at radius 2 is 1.56 bits per heavy atom. The highest BCUT2D eigenvalue weighted by atomic mass is 19.1. The zero-order chi connectivity index (χ0) is 46.3. The van der Waals surface area contributed by atoms with Crippen molar-refractivity contribution in [1.29, 1.82) is 0 Å². The Kier molecular flexibility index (Phi) is 15.1. The number of hydrogen-bond donors (Lipinski definition) is 3. The summed E-state index contributed by atoms with van der Waals surface area (Å²) in [6, 6.07) is 5.62. The number of rotatable bonds is 14. The van der Waals surface area contributed by atoms with Gasteiger partial charge in [0.2, 0.25) is 29.6 Å². The first kappa shape index (κ1) is 46.8. The summed E-state index contributed by atoms with van der Waals surface area (Å²) in [5, 5.41) is 13.2. The van der Waals surface area contributed by atoms with Gasteiger partial charge in [-0.05, 0) is 76.8 Å². The van der Waals surface area contributed by atoms with Crippen LogP contribution in [0, 0.1) is 18.7 Å². The van der Waals surface area contributed by atoms with E-state index < -0.39 is 23.6 Å². The molecule has 0 spiro atoms. The molecule has 5 aliphatic rings. The van der Waals surface area contributed by atoms with Gasteiger partial charge in [-0.3, -0.25) is 39.0 Å². The van der Waals surface area contributed by atoms with E-state index >= 15 is 4.39 Å². The number of nitrogens with zero attached hydrogens (tertiary/aromatic N) is 9. The van der Waals surface area contributed by atoms with Gasteiger partial charge in [0.25, 0.3) is 0 Å². The standard InChI is InChI=1S/C47H65FN12O6/c1-4-66-46(65)43-31(2)50-47(52-34-28-49-55(3)30-34)54-44(43)51-33-5-7-35(8-6-33)57-23-25-60(26-24-57)42(63)14-13-41(62)59-17-15-32(16-18-59)29-56-19-21-58(22-20-56)36-9-10-37(39(48)27-36)38-11-12-40(61)53-45(38)64/h9-10,27-28,30,32-33,35,38H,4-8,11-26,29H2,1-3H3,(H,53,61,64)(H2,50,51,52,54). The molecule has 3 N–H and O–H groups in total. The molecule has 4 aliphatic heterocycles. The predicted octanol–water partition coefficient (Wildman–Crippen LogP) is 3.81. The van der Waals surface area contributed by atoms with E-state index in [2.05, 4.69) is 40.7 Å². The lowest BCUT2D eigenvalue weighted by atomic mass is 9.89. The largest absolute Gasteiger partial charge is 0.462 e. The summed E-state index contributed by atoms with van der Waals surface area (Å²) in [4.78, 5) is 83.5. The van der Waals surface area contributed by atoms with Gasteiger partial charge in [0.05, 0.1) is 30.1 Å². The molecule has 1 aromatic carbocycles. The van der Waals surface area contributed by atoms with Crippen LogP contribution in [0.5, 0.6) is 0 Å². The molecule has 0 radical (unpaired) electrons. The van der Waals surface area contributed by atoms with Crippen LogP contribution >= 0.6 is 0 Å². The number of esters is 1. The molecule has 6 heterocycles. The van der Waals surface area contributed by atoms with Crippen molar-refractivity contribution in [2.45, 2.75) is 96.1 Å². The molecule has 1 atom stereocenters. The van der Waals surface area contributed by atoms with Crippen molar-refractivity contribution in [3.63, 3.8) is 0 Å². The Balaban J connectivity index is 0.713. The smallest absolute Gasteiger partial charge is 0.343 e. The van der Waals surface area contributed by atoms with Gasteiger partial charge in [-0.15, -0.1) is 0 Å². The molecule has 0 bridgehead atoms. The minimum atomic E-state index is -0.643. The number of ether oxygens (including phenoxy) is 1. The van der Waals surface area contributed by atoms with E-state index in [1.165, 1.54) is 6.07 Å². The Morgan fingerprint density at radius 3 is 2.20 bits per heavy atom. The lowest BCUT2D eigenvalue weighted by Crippen LogP contribution is -2.53. The fourth-order valence-corrected chi connectivity index (χ4v) is 10.3. The molecule has 2 aromatic heterocycles. The SMILES string of the molecule is CCOC(=O)c1c(C)nc(Nc2cnn(C)c2)nc1NC1CCC(N2CCN(C(=O)CCC(=O)N3CCC(CN4CCN(c5ccc(C6CCC(=O)NC6=O)c(F)c5)CC4)CC3)CC2)CC1. The first-order valence-electron chi connectivity index (χ1n) is 23.9. The fourth-order valence-electron chi connectivity index (χ4n) is 10.3. The van der Waals surface area contributed by atoms with Crippen LogP contribution in [-0.4, -0.2) is 160 Å². The third-order valence-corrected chi connectivity index (χ3v) is 14.1. The van der Waals surface area contributed by atoms with E-state index in [1.54, 1.807) is 30.8 Å². The van der Waals surface area contributed by atoms with Crippen LogP contribution in [0.3, 0.4) is 0 Å². The summed E-state index contributed by atoms with van der Waals surface area (Å²) in [5.41, 5.74) is 2.75. The number of aromatic nitrogens is 4. The van der Waals surface area contributed by atoms with Gasteiger partial charge in [0, 0.05) is 128 Å². The zero-order valence-corrected chi connectivity index (χ0v) is 38.6. The fraction of sp³-hybridized carbons (Fsp3) is 0.617. The van der Waals surface area contributed by atoms with Gasteiger partial charge >= 0.3 is 5.97 Å².